The molecule has 0 radical (unpaired) electrons. The standard InChI is InChI=1S/C19H29N5O3.HI/c1-19(2,3)15-12-22-16(27-15)13-24-18(20-4)23-11-14-7-6-8-21-17(14)26-10-9-25-5;/h6-8,12H,9-11,13H2,1-5H3,(H2,20,23,24);1H. The number of methoxy groups -OCH3 is 1. The van der Waals surface area contributed by atoms with Gasteiger partial charge in [-0.25, -0.2) is 9.97 Å². The third-order valence-corrected chi connectivity index (χ3v) is 3.75. The summed E-state index contributed by atoms with van der Waals surface area (Å²) in [6, 6.07) is 3.83. The van der Waals surface area contributed by atoms with Crippen molar-refractivity contribution in [3.8, 4) is 5.88 Å². The number of guanidine groups is 1. The van der Waals surface area contributed by atoms with Gasteiger partial charge in [0.25, 0.3) is 0 Å². The maximum absolute atomic E-state index is 5.78. The number of aliphatic imine (C=N–C) groups is 1. The zero-order valence-corrected chi connectivity index (χ0v) is 19.4. The molecule has 2 aromatic heterocycles. The van der Waals surface area contributed by atoms with Crippen LogP contribution in [-0.2, 0) is 23.2 Å². The average Bonchev–Trinajstić information content (AvgIpc) is 3.12. The van der Waals surface area contributed by atoms with Crippen LogP contribution in [-0.4, -0.2) is 43.3 Å². The lowest BCUT2D eigenvalue weighted by molar-refractivity contribution is 0.143. The van der Waals surface area contributed by atoms with Crippen LogP contribution in [0.2, 0.25) is 0 Å². The number of pyridine rings is 1. The second-order valence-corrected chi connectivity index (χ2v) is 6.96. The minimum absolute atomic E-state index is 0. The zero-order valence-electron chi connectivity index (χ0n) is 17.1. The Bertz CT molecular complexity index is 743. The van der Waals surface area contributed by atoms with Gasteiger partial charge in [-0.1, -0.05) is 26.8 Å². The summed E-state index contributed by atoms with van der Waals surface area (Å²) in [5.74, 6) is 2.69. The van der Waals surface area contributed by atoms with Crippen LogP contribution in [0, 0.1) is 0 Å². The van der Waals surface area contributed by atoms with Gasteiger partial charge in [-0.3, -0.25) is 4.99 Å². The van der Waals surface area contributed by atoms with E-state index in [0.29, 0.717) is 44.0 Å². The highest BCUT2D eigenvalue weighted by atomic mass is 127. The van der Waals surface area contributed by atoms with E-state index in [1.807, 2.05) is 12.1 Å². The first-order chi connectivity index (χ1) is 12.9. The number of nitrogens with zero attached hydrogens (tertiary/aromatic N) is 3. The van der Waals surface area contributed by atoms with E-state index in [2.05, 4.69) is 46.4 Å². The van der Waals surface area contributed by atoms with Crippen molar-refractivity contribution >= 4 is 29.9 Å². The molecule has 28 heavy (non-hydrogen) atoms. The maximum Gasteiger partial charge on any atom is 0.218 e. The monoisotopic (exact) mass is 503 g/mol. The molecule has 2 heterocycles. The van der Waals surface area contributed by atoms with Crippen molar-refractivity contribution in [1.82, 2.24) is 20.6 Å². The number of rotatable bonds is 8. The molecule has 0 saturated carbocycles. The van der Waals surface area contributed by atoms with Crippen molar-refractivity contribution in [2.45, 2.75) is 39.3 Å². The quantitative estimate of drug-likeness (QED) is 0.248. The molecule has 156 valence electrons. The largest absolute Gasteiger partial charge is 0.475 e. The van der Waals surface area contributed by atoms with Crippen molar-refractivity contribution in [1.29, 1.82) is 0 Å². The second-order valence-electron chi connectivity index (χ2n) is 6.96. The first kappa shape index (κ1) is 24.2. The molecule has 8 nitrogen and oxygen atoms in total. The normalized spacial score (nSPS) is 11.7. The van der Waals surface area contributed by atoms with Gasteiger partial charge in [0.15, 0.2) is 5.96 Å². The highest BCUT2D eigenvalue weighted by Gasteiger charge is 2.19. The van der Waals surface area contributed by atoms with Crippen LogP contribution in [0.25, 0.3) is 0 Å². The van der Waals surface area contributed by atoms with Gasteiger partial charge in [0.1, 0.15) is 12.4 Å². The molecular weight excluding hydrogens is 473 g/mol. The summed E-state index contributed by atoms with van der Waals surface area (Å²) in [6.45, 7) is 8.20. The summed E-state index contributed by atoms with van der Waals surface area (Å²) in [5.41, 5.74) is 0.868. The SMILES string of the molecule is CN=C(NCc1ncc(C(C)(C)C)o1)NCc1cccnc1OCCOC.I. The Labute approximate surface area is 183 Å². The molecule has 0 aliphatic rings. The Kier molecular flexibility index (Phi) is 10.2. The van der Waals surface area contributed by atoms with Crippen molar-refractivity contribution in [3.63, 3.8) is 0 Å². The van der Waals surface area contributed by atoms with E-state index >= 15 is 0 Å². The van der Waals surface area contributed by atoms with Crippen LogP contribution in [0.4, 0.5) is 0 Å². The highest BCUT2D eigenvalue weighted by molar-refractivity contribution is 14.0. The van der Waals surface area contributed by atoms with Gasteiger partial charge in [-0.05, 0) is 6.07 Å². The van der Waals surface area contributed by atoms with E-state index in [1.54, 1.807) is 26.6 Å². The van der Waals surface area contributed by atoms with E-state index in [0.717, 1.165) is 11.3 Å². The third-order valence-electron chi connectivity index (χ3n) is 3.75. The van der Waals surface area contributed by atoms with E-state index < -0.39 is 0 Å². The minimum Gasteiger partial charge on any atom is -0.475 e. The Morgan fingerprint density at radius 3 is 2.57 bits per heavy atom. The summed E-state index contributed by atoms with van der Waals surface area (Å²) >= 11 is 0. The summed E-state index contributed by atoms with van der Waals surface area (Å²) in [6.07, 6.45) is 3.47. The van der Waals surface area contributed by atoms with E-state index in [1.165, 1.54) is 0 Å². The summed E-state index contributed by atoms with van der Waals surface area (Å²) in [5, 5.41) is 6.44. The molecule has 0 amide bonds. The van der Waals surface area contributed by atoms with E-state index in [-0.39, 0.29) is 29.4 Å². The number of aromatic nitrogens is 2. The number of nitrogens with one attached hydrogen (secondary N) is 2. The van der Waals surface area contributed by atoms with E-state index in [9.17, 15) is 0 Å². The predicted molar refractivity (Wildman–Crippen MR) is 119 cm³/mol. The van der Waals surface area contributed by atoms with Crippen molar-refractivity contribution < 1.29 is 13.9 Å². The molecule has 2 aromatic rings. The van der Waals surface area contributed by atoms with Crippen LogP contribution >= 0.6 is 24.0 Å². The molecule has 0 fully saturated rings. The van der Waals surface area contributed by atoms with Gasteiger partial charge < -0.3 is 24.5 Å². The molecule has 0 unspecified atom stereocenters. The minimum atomic E-state index is -0.0648. The van der Waals surface area contributed by atoms with Crippen LogP contribution < -0.4 is 15.4 Å². The number of halogens is 1. The van der Waals surface area contributed by atoms with Gasteiger partial charge in [0.05, 0.1) is 19.3 Å². The average molecular weight is 503 g/mol. The fourth-order valence-electron chi connectivity index (χ4n) is 2.21. The molecule has 9 heteroatoms. The van der Waals surface area contributed by atoms with Crippen LogP contribution in [0.1, 0.15) is 38.0 Å². The van der Waals surface area contributed by atoms with E-state index in [4.69, 9.17) is 13.9 Å². The topological polar surface area (TPSA) is 93.8 Å². The molecule has 0 atom stereocenters. The Morgan fingerprint density at radius 2 is 1.93 bits per heavy atom. The predicted octanol–water partition coefficient (Wildman–Crippen LogP) is 2.88. The second kappa shape index (κ2) is 11.8. The van der Waals surface area contributed by atoms with Crippen molar-refractivity contribution in [2.24, 2.45) is 4.99 Å². The molecule has 0 aromatic carbocycles. The third kappa shape index (κ3) is 7.63. The number of ether oxygens (including phenoxy) is 2. The summed E-state index contributed by atoms with van der Waals surface area (Å²) in [4.78, 5) is 12.8. The lowest BCUT2D eigenvalue weighted by Crippen LogP contribution is -2.36. The van der Waals surface area contributed by atoms with Gasteiger partial charge >= 0.3 is 0 Å². The van der Waals surface area contributed by atoms with Crippen LogP contribution in [0.5, 0.6) is 5.88 Å². The fourth-order valence-corrected chi connectivity index (χ4v) is 2.21. The van der Waals surface area contributed by atoms with Crippen LogP contribution in [0.3, 0.4) is 0 Å². The molecule has 0 aliphatic heterocycles. The molecule has 0 aliphatic carbocycles. The first-order valence-electron chi connectivity index (χ1n) is 8.89. The van der Waals surface area contributed by atoms with Gasteiger partial charge in [0.2, 0.25) is 11.8 Å². The molecular formula is C19H30IN5O3. The highest BCUT2D eigenvalue weighted by Crippen LogP contribution is 2.22. The van der Waals surface area contributed by atoms with Gasteiger partial charge in [0, 0.05) is 37.9 Å². The summed E-state index contributed by atoms with van der Waals surface area (Å²) < 4.78 is 16.4. The molecule has 2 N–H and O–H groups in total. The zero-order chi connectivity index (χ0) is 19.7. The molecule has 0 saturated heterocycles. The smallest absolute Gasteiger partial charge is 0.218 e. The van der Waals surface area contributed by atoms with Gasteiger partial charge in [-0.2, -0.15) is 0 Å². The number of hydrogen-bond acceptors (Lipinski definition) is 6. The lowest BCUT2D eigenvalue weighted by atomic mass is 9.94. The maximum atomic E-state index is 5.78. The fraction of sp³-hybridized carbons (Fsp3) is 0.526. The Hall–Kier alpha value is -1.88. The van der Waals surface area contributed by atoms with Gasteiger partial charge in [-0.15, -0.1) is 24.0 Å². The lowest BCUT2D eigenvalue weighted by Gasteiger charge is -2.14. The summed E-state index contributed by atoms with van der Waals surface area (Å²) in [7, 11) is 3.35. The Balaban J connectivity index is 0.00000392. The number of hydrogen-bond donors (Lipinski definition) is 2. The first-order valence-corrected chi connectivity index (χ1v) is 8.89. The Morgan fingerprint density at radius 1 is 1.18 bits per heavy atom. The number of oxazole rings is 1. The van der Waals surface area contributed by atoms with Crippen molar-refractivity contribution in [2.75, 3.05) is 27.4 Å². The van der Waals surface area contributed by atoms with Crippen LogP contribution in [0.15, 0.2) is 33.9 Å². The van der Waals surface area contributed by atoms with Crippen molar-refractivity contribution in [3.05, 3.63) is 41.7 Å². The molecule has 2 rings (SSSR count). The molecule has 0 bridgehead atoms. The molecule has 0 spiro atoms.